The summed E-state index contributed by atoms with van der Waals surface area (Å²) >= 11 is 0. The number of rotatable bonds is 4. The number of ether oxygens (including phenoxy) is 2. The van der Waals surface area contributed by atoms with Gasteiger partial charge in [-0.3, -0.25) is 19.6 Å². The smallest absolute Gasteiger partial charge is 0.257 e. The average molecular weight is 397 g/mol. The highest BCUT2D eigenvalue weighted by Crippen LogP contribution is 2.14. The van der Waals surface area contributed by atoms with Crippen molar-refractivity contribution < 1.29 is 19.1 Å². The molecule has 160 valence electrons. The number of nitrogens with one attached hydrogen (secondary N) is 2. The largest absolute Gasteiger partial charge is 0.363 e. The van der Waals surface area contributed by atoms with Crippen LogP contribution in [0.3, 0.4) is 0 Å². The van der Waals surface area contributed by atoms with Gasteiger partial charge in [-0.05, 0) is 25.7 Å². The lowest BCUT2D eigenvalue weighted by Crippen LogP contribution is -2.55. The van der Waals surface area contributed by atoms with Crippen LogP contribution in [0.2, 0.25) is 0 Å². The molecule has 0 spiro atoms. The Balaban J connectivity index is 3.29. The second-order valence-corrected chi connectivity index (χ2v) is 8.26. The van der Waals surface area contributed by atoms with E-state index >= 15 is 0 Å². The van der Waals surface area contributed by atoms with Crippen molar-refractivity contribution in [1.82, 2.24) is 10.6 Å². The highest BCUT2D eigenvalue weighted by molar-refractivity contribution is 6.02. The van der Waals surface area contributed by atoms with Crippen molar-refractivity contribution in [2.75, 3.05) is 27.3 Å². The van der Waals surface area contributed by atoms with Crippen molar-refractivity contribution >= 4 is 24.2 Å². The first-order chi connectivity index (χ1) is 13.0. The molecule has 2 N–H and O–H groups in total. The zero-order valence-corrected chi connectivity index (χ0v) is 18.4. The zero-order chi connectivity index (χ0) is 21.5. The average Bonchev–Trinajstić information content (AvgIpc) is 2.64. The summed E-state index contributed by atoms with van der Waals surface area (Å²) in [5.74, 6) is -0.270. The quantitative estimate of drug-likeness (QED) is 0.746. The molecule has 1 rings (SSSR count). The van der Waals surface area contributed by atoms with E-state index in [0.717, 1.165) is 0 Å². The van der Waals surface area contributed by atoms with Crippen molar-refractivity contribution in [1.29, 1.82) is 0 Å². The summed E-state index contributed by atoms with van der Waals surface area (Å²) in [7, 11) is 2.95. The van der Waals surface area contributed by atoms with Crippen LogP contribution in [0.4, 0.5) is 0 Å². The van der Waals surface area contributed by atoms with Gasteiger partial charge in [0.1, 0.15) is 0 Å². The molecule has 8 nitrogen and oxygen atoms in total. The maximum absolute atomic E-state index is 12.8. The van der Waals surface area contributed by atoms with Crippen LogP contribution in [0.5, 0.6) is 0 Å². The van der Waals surface area contributed by atoms with Gasteiger partial charge in [0.2, 0.25) is 0 Å². The van der Waals surface area contributed by atoms with Gasteiger partial charge in [-0.25, -0.2) is 0 Å². The van der Waals surface area contributed by atoms with Crippen LogP contribution in [-0.2, 0) is 19.1 Å². The van der Waals surface area contributed by atoms with Crippen LogP contribution in [0.15, 0.2) is 9.98 Å². The molecule has 0 aromatic carbocycles. The Kier molecular flexibility index (Phi) is 8.75. The molecular formula is C20H36N4O4. The van der Waals surface area contributed by atoms with Crippen molar-refractivity contribution in [3.05, 3.63) is 0 Å². The second-order valence-electron chi connectivity index (χ2n) is 8.26. The summed E-state index contributed by atoms with van der Waals surface area (Å²) in [6.07, 6.45) is 3.01. The summed E-state index contributed by atoms with van der Waals surface area (Å²) < 4.78 is 10.9. The number of carbonyl (C=O) groups excluding carboxylic acids is 2. The molecule has 0 unspecified atom stereocenters. The number of hydrogen-bond donors (Lipinski definition) is 2. The maximum Gasteiger partial charge on any atom is 0.257 e. The number of methoxy groups -OCH3 is 2. The SMILES string of the molecule is CO[C@@]1(C)C=NC[C@@H](C(C)C)NC(=O)[C@@](C)(OC)C=NC[C@@H](C(C)C)NC1=O. The Morgan fingerprint density at radius 1 is 0.857 bits per heavy atom. The predicted molar refractivity (Wildman–Crippen MR) is 111 cm³/mol. The van der Waals surface area contributed by atoms with Gasteiger partial charge in [0.05, 0.1) is 25.2 Å². The second kappa shape index (κ2) is 10.1. The summed E-state index contributed by atoms with van der Waals surface area (Å²) in [6.45, 7) is 12.0. The van der Waals surface area contributed by atoms with Crippen molar-refractivity contribution in [2.24, 2.45) is 21.8 Å². The first-order valence-corrected chi connectivity index (χ1v) is 9.73. The number of nitrogens with zero attached hydrogens (tertiary/aromatic N) is 2. The summed E-state index contributed by atoms with van der Waals surface area (Å²) in [5, 5.41) is 5.98. The van der Waals surface area contributed by atoms with Gasteiger partial charge in [0.15, 0.2) is 11.2 Å². The Morgan fingerprint density at radius 3 is 1.43 bits per heavy atom. The van der Waals surface area contributed by atoms with Crippen LogP contribution in [0.1, 0.15) is 41.5 Å². The summed E-state index contributed by atoms with van der Waals surface area (Å²) in [5.41, 5.74) is -2.40. The Labute approximate surface area is 168 Å². The Hall–Kier alpha value is -1.80. The highest BCUT2D eigenvalue weighted by Gasteiger charge is 2.36. The van der Waals surface area contributed by atoms with E-state index in [9.17, 15) is 9.59 Å². The van der Waals surface area contributed by atoms with Crippen LogP contribution in [0.25, 0.3) is 0 Å². The van der Waals surface area contributed by atoms with Crippen LogP contribution in [-0.4, -0.2) is 74.8 Å². The van der Waals surface area contributed by atoms with Crippen molar-refractivity contribution in [2.45, 2.75) is 64.8 Å². The third-order valence-electron chi connectivity index (χ3n) is 5.27. The molecule has 4 atom stereocenters. The lowest BCUT2D eigenvalue weighted by molar-refractivity contribution is -0.136. The molecule has 1 aliphatic rings. The van der Waals surface area contributed by atoms with Crippen LogP contribution >= 0.6 is 0 Å². The minimum atomic E-state index is -1.20. The lowest BCUT2D eigenvalue weighted by Gasteiger charge is -2.30. The van der Waals surface area contributed by atoms with E-state index in [1.54, 1.807) is 13.8 Å². The zero-order valence-electron chi connectivity index (χ0n) is 18.4. The molecule has 0 aliphatic carbocycles. The van der Waals surface area contributed by atoms with Gasteiger partial charge < -0.3 is 20.1 Å². The molecule has 2 amide bonds. The number of aliphatic imine (C=N–C) groups is 2. The maximum atomic E-state index is 12.8. The highest BCUT2D eigenvalue weighted by atomic mass is 16.5. The molecule has 1 heterocycles. The van der Waals surface area contributed by atoms with Gasteiger partial charge in [-0.15, -0.1) is 0 Å². The minimum absolute atomic E-state index is 0.139. The normalized spacial score (nSPS) is 32.9. The first-order valence-electron chi connectivity index (χ1n) is 9.73. The third-order valence-corrected chi connectivity index (χ3v) is 5.27. The van der Waals surface area contributed by atoms with Crippen LogP contribution < -0.4 is 10.6 Å². The van der Waals surface area contributed by atoms with E-state index in [0.29, 0.717) is 13.1 Å². The molecule has 0 aromatic rings. The molecule has 28 heavy (non-hydrogen) atoms. The number of hydrogen-bond acceptors (Lipinski definition) is 6. The van der Waals surface area contributed by atoms with E-state index in [2.05, 4.69) is 20.6 Å². The topological polar surface area (TPSA) is 101 Å². The van der Waals surface area contributed by atoms with E-state index in [-0.39, 0.29) is 35.7 Å². The van der Waals surface area contributed by atoms with Crippen molar-refractivity contribution in [3.8, 4) is 0 Å². The molecular weight excluding hydrogens is 360 g/mol. The minimum Gasteiger partial charge on any atom is -0.363 e. The van der Waals surface area contributed by atoms with Crippen LogP contribution in [0, 0.1) is 11.8 Å². The fourth-order valence-electron chi connectivity index (χ4n) is 2.56. The monoisotopic (exact) mass is 396 g/mol. The molecule has 0 saturated carbocycles. The first kappa shape index (κ1) is 24.2. The van der Waals surface area contributed by atoms with E-state index in [4.69, 9.17) is 9.47 Å². The van der Waals surface area contributed by atoms with E-state index < -0.39 is 11.2 Å². The summed E-state index contributed by atoms with van der Waals surface area (Å²) in [4.78, 5) is 34.5. The van der Waals surface area contributed by atoms with Gasteiger partial charge in [-0.1, -0.05) is 27.7 Å². The number of amides is 2. The number of carbonyl (C=O) groups is 2. The fraction of sp³-hybridized carbons (Fsp3) is 0.800. The molecule has 1 aliphatic heterocycles. The third kappa shape index (κ3) is 6.10. The molecule has 0 aromatic heterocycles. The Morgan fingerprint density at radius 2 is 1.18 bits per heavy atom. The van der Waals surface area contributed by atoms with Gasteiger partial charge in [-0.2, -0.15) is 0 Å². The Bertz CT molecular complexity index is 553. The molecule has 0 fully saturated rings. The lowest BCUT2D eigenvalue weighted by atomic mass is 9.99. The van der Waals surface area contributed by atoms with Gasteiger partial charge >= 0.3 is 0 Å². The van der Waals surface area contributed by atoms with Gasteiger partial charge in [0, 0.05) is 26.6 Å². The molecule has 0 saturated heterocycles. The standard InChI is InChI=1S/C20H36N4O4/c1-13(2)15-9-21-11-20(6,28-8)18(26)24-16(14(3)4)10-22-12-19(5,27-7)17(25)23-15/h11-16H,9-10H2,1-8H3,(H,23,25)(H,24,26)/t15-,16-,19-,20-/m0/s1. The van der Waals surface area contributed by atoms with E-state index in [1.807, 2.05) is 27.7 Å². The predicted octanol–water partition coefficient (Wildman–Crippen LogP) is 1.23. The van der Waals surface area contributed by atoms with E-state index in [1.165, 1.54) is 26.6 Å². The molecule has 0 bridgehead atoms. The summed E-state index contributed by atoms with van der Waals surface area (Å²) in [6, 6.07) is -0.440. The molecule has 0 radical (unpaired) electrons. The van der Waals surface area contributed by atoms with Crippen molar-refractivity contribution in [3.63, 3.8) is 0 Å². The molecule has 8 heteroatoms. The van der Waals surface area contributed by atoms with Gasteiger partial charge in [0.25, 0.3) is 11.8 Å². The fourth-order valence-corrected chi connectivity index (χ4v) is 2.56.